The monoisotopic (exact) mass is 383 g/mol. The predicted molar refractivity (Wildman–Crippen MR) is 101 cm³/mol. The maximum Gasteiger partial charge on any atom is 0.305 e. The van der Waals surface area contributed by atoms with E-state index in [1.54, 1.807) is 23.1 Å². The Morgan fingerprint density at radius 3 is 2.48 bits per heavy atom. The van der Waals surface area contributed by atoms with E-state index in [2.05, 4.69) is 10.1 Å². The van der Waals surface area contributed by atoms with Crippen molar-refractivity contribution in [2.45, 2.75) is 12.8 Å². The second-order valence-electron chi connectivity index (χ2n) is 5.67. The van der Waals surface area contributed by atoms with Gasteiger partial charge < -0.3 is 19.9 Å². The zero-order chi connectivity index (χ0) is 18.2. The van der Waals surface area contributed by atoms with Gasteiger partial charge in [-0.05, 0) is 30.8 Å². The van der Waals surface area contributed by atoms with Crippen LogP contribution in [0.15, 0.2) is 24.3 Å². The maximum absolute atomic E-state index is 12.5. The number of amides is 1. The van der Waals surface area contributed by atoms with E-state index in [1.165, 1.54) is 7.11 Å². The fourth-order valence-corrected chi connectivity index (χ4v) is 3.06. The molecular formula is C17H22ClN3O3S. The first kappa shape index (κ1) is 19.5. The first-order valence-electron chi connectivity index (χ1n) is 8.16. The van der Waals surface area contributed by atoms with Crippen LogP contribution in [0.4, 0.5) is 0 Å². The summed E-state index contributed by atoms with van der Waals surface area (Å²) in [5, 5.41) is 4.26. The van der Waals surface area contributed by atoms with Crippen LogP contribution < -0.4 is 5.32 Å². The standard InChI is InChI=1S/C17H22ClN3O3S/c1-24-15(22)7-4-8-19-17(25)21-11-9-20(10-12-21)16(23)13-5-2-3-6-14(13)18/h2-3,5-6H,4,7-12H2,1H3,(H,19,25). The first-order valence-corrected chi connectivity index (χ1v) is 8.95. The van der Waals surface area contributed by atoms with Crippen molar-refractivity contribution in [1.29, 1.82) is 0 Å². The van der Waals surface area contributed by atoms with Crippen LogP contribution in [0.5, 0.6) is 0 Å². The topological polar surface area (TPSA) is 61.9 Å². The van der Waals surface area contributed by atoms with Crippen LogP contribution >= 0.6 is 23.8 Å². The Morgan fingerprint density at radius 1 is 1.20 bits per heavy atom. The maximum atomic E-state index is 12.5. The van der Waals surface area contributed by atoms with Crippen LogP contribution in [-0.4, -0.2) is 66.6 Å². The molecule has 1 heterocycles. The summed E-state index contributed by atoms with van der Waals surface area (Å²) >= 11 is 11.5. The molecule has 0 aliphatic carbocycles. The minimum absolute atomic E-state index is 0.0535. The molecule has 8 heteroatoms. The van der Waals surface area contributed by atoms with Crippen molar-refractivity contribution in [1.82, 2.24) is 15.1 Å². The summed E-state index contributed by atoms with van der Waals surface area (Å²) in [4.78, 5) is 27.4. The van der Waals surface area contributed by atoms with Gasteiger partial charge in [-0.3, -0.25) is 9.59 Å². The molecule has 25 heavy (non-hydrogen) atoms. The molecule has 0 saturated carbocycles. The number of halogens is 1. The van der Waals surface area contributed by atoms with Crippen LogP contribution in [0.25, 0.3) is 0 Å². The Hall–Kier alpha value is -1.86. The molecule has 1 amide bonds. The minimum atomic E-state index is -0.223. The van der Waals surface area contributed by atoms with E-state index in [4.69, 9.17) is 23.8 Å². The smallest absolute Gasteiger partial charge is 0.305 e. The molecule has 0 unspecified atom stereocenters. The molecule has 1 aromatic rings. The lowest BCUT2D eigenvalue weighted by molar-refractivity contribution is -0.140. The second kappa shape index (κ2) is 9.58. The van der Waals surface area contributed by atoms with Gasteiger partial charge in [0.2, 0.25) is 0 Å². The van der Waals surface area contributed by atoms with E-state index in [0.29, 0.717) is 61.3 Å². The first-order chi connectivity index (χ1) is 12.0. The zero-order valence-electron chi connectivity index (χ0n) is 14.2. The summed E-state index contributed by atoms with van der Waals surface area (Å²) in [6.45, 7) is 3.13. The number of esters is 1. The van der Waals surface area contributed by atoms with Crippen LogP contribution in [0.1, 0.15) is 23.2 Å². The molecule has 136 valence electrons. The molecule has 1 fully saturated rings. The quantitative estimate of drug-likeness (QED) is 0.476. The van der Waals surface area contributed by atoms with Gasteiger partial charge in [0.1, 0.15) is 0 Å². The lowest BCUT2D eigenvalue weighted by Gasteiger charge is -2.36. The third-order valence-electron chi connectivity index (χ3n) is 4.02. The van der Waals surface area contributed by atoms with Gasteiger partial charge in [-0.2, -0.15) is 0 Å². The molecule has 1 aliphatic rings. The molecule has 0 radical (unpaired) electrons. The van der Waals surface area contributed by atoms with Gasteiger partial charge in [0.05, 0.1) is 17.7 Å². The summed E-state index contributed by atoms with van der Waals surface area (Å²) in [7, 11) is 1.38. The van der Waals surface area contributed by atoms with Crippen molar-refractivity contribution in [3.05, 3.63) is 34.9 Å². The van der Waals surface area contributed by atoms with Crippen molar-refractivity contribution >= 4 is 40.8 Å². The Labute approximate surface area is 158 Å². The van der Waals surface area contributed by atoms with Gasteiger partial charge in [0, 0.05) is 39.1 Å². The number of thiocarbonyl (C=S) groups is 1. The number of benzene rings is 1. The van der Waals surface area contributed by atoms with Crippen molar-refractivity contribution in [3.8, 4) is 0 Å². The lowest BCUT2D eigenvalue weighted by Crippen LogP contribution is -2.53. The molecule has 1 aliphatic heterocycles. The minimum Gasteiger partial charge on any atom is -0.469 e. The van der Waals surface area contributed by atoms with Gasteiger partial charge in [-0.1, -0.05) is 23.7 Å². The SMILES string of the molecule is COC(=O)CCCNC(=S)N1CCN(C(=O)c2ccccc2Cl)CC1. The van der Waals surface area contributed by atoms with E-state index in [0.717, 1.165) is 0 Å². The van der Waals surface area contributed by atoms with Gasteiger partial charge in [-0.25, -0.2) is 0 Å². The number of carbonyl (C=O) groups is 2. The second-order valence-corrected chi connectivity index (χ2v) is 6.46. The summed E-state index contributed by atoms with van der Waals surface area (Å²) in [6, 6.07) is 7.08. The molecule has 1 aromatic carbocycles. The van der Waals surface area contributed by atoms with Crippen LogP contribution in [0, 0.1) is 0 Å². The van der Waals surface area contributed by atoms with Crippen LogP contribution in [-0.2, 0) is 9.53 Å². The number of ether oxygens (including phenoxy) is 1. The third kappa shape index (κ3) is 5.57. The molecule has 1 saturated heterocycles. The number of rotatable bonds is 5. The molecule has 2 rings (SSSR count). The van der Waals surface area contributed by atoms with E-state index < -0.39 is 0 Å². The molecule has 0 aromatic heterocycles. The number of hydrogen-bond donors (Lipinski definition) is 1. The Kier molecular flexibility index (Phi) is 7.46. The van der Waals surface area contributed by atoms with Gasteiger partial charge >= 0.3 is 5.97 Å². The number of methoxy groups -OCH3 is 1. The average Bonchev–Trinajstić information content (AvgIpc) is 2.64. The lowest BCUT2D eigenvalue weighted by atomic mass is 10.2. The third-order valence-corrected chi connectivity index (χ3v) is 4.75. The van der Waals surface area contributed by atoms with Crippen molar-refractivity contribution in [2.24, 2.45) is 0 Å². The van der Waals surface area contributed by atoms with Gasteiger partial charge in [-0.15, -0.1) is 0 Å². The van der Waals surface area contributed by atoms with Crippen molar-refractivity contribution < 1.29 is 14.3 Å². The normalized spacial score (nSPS) is 14.2. The van der Waals surface area contributed by atoms with Crippen molar-refractivity contribution in [3.63, 3.8) is 0 Å². The van der Waals surface area contributed by atoms with Gasteiger partial charge in [0.15, 0.2) is 5.11 Å². The molecule has 0 spiro atoms. The van der Waals surface area contributed by atoms with E-state index >= 15 is 0 Å². The highest BCUT2D eigenvalue weighted by atomic mass is 35.5. The fourth-order valence-electron chi connectivity index (χ4n) is 2.56. The van der Waals surface area contributed by atoms with Crippen molar-refractivity contribution in [2.75, 3.05) is 39.8 Å². The number of carbonyl (C=O) groups excluding carboxylic acids is 2. The highest BCUT2D eigenvalue weighted by molar-refractivity contribution is 7.80. The van der Waals surface area contributed by atoms with E-state index in [-0.39, 0.29) is 11.9 Å². The molecule has 0 atom stereocenters. The summed E-state index contributed by atoms with van der Waals surface area (Å²) in [6.07, 6.45) is 1.03. The average molecular weight is 384 g/mol. The predicted octanol–water partition coefficient (Wildman–Crippen LogP) is 1.93. The number of nitrogens with zero attached hydrogens (tertiary/aromatic N) is 2. The fraction of sp³-hybridized carbons (Fsp3) is 0.471. The zero-order valence-corrected chi connectivity index (χ0v) is 15.7. The molecule has 6 nitrogen and oxygen atoms in total. The summed E-state index contributed by atoms with van der Waals surface area (Å²) in [5.74, 6) is -0.276. The van der Waals surface area contributed by atoms with E-state index in [1.807, 2.05) is 11.0 Å². The van der Waals surface area contributed by atoms with E-state index in [9.17, 15) is 9.59 Å². The molecular weight excluding hydrogens is 362 g/mol. The highest BCUT2D eigenvalue weighted by Crippen LogP contribution is 2.18. The largest absolute Gasteiger partial charge is 0.469 e. The van der Waals surface area contributed by atoms with Gasteiger partial charge in [0.25, 0.3) is 5.91 Å². The Morgan fingerprint density at radius 2 is 1.84 bits per heavy atom. The summed E-state index contributed by atoms with van der Waals surface area (Å²) in [5.41, 5.74) is 0.529. The van der Waals surface area contributed by atoms with Crippen LogP contribution in [0.3, 0.4) is 0 Å². The summed E-state index contributed by atoms with van der Waals surface area (Å²) < 4.78 is 4.60. The molecule has 0 bridgehead atoms. The Balaban J connectivity index is 1.75. The molecule has 1 N–H and O–H groups in total. The number of piperazine rings is 1. The highest BCUT2D eigenvalue weighted by Gasteiger charge is 2.24. The van der Waals surface area contributed by atoms with Crippen LogP contribution in [0.2, 0.25) is 5.02 Å². The number of hydrogen-bond acceptors (Lipinski definition) is 4. The Bertz CT molecular complexity index is 633. The number of nitrogens with one attached hydrogen (secondary N) is 1.